The zero-order chi connectivity index (χ0) is 13.1. The van der Waals surface area contributed by atoms with Crippen molar-refractivity contribution < 1.29 is 9.13 Å². The van der Waals surface area contributed by atoms with E-state index in [9.17, 15) is 4.39 Å². The van der Waals surface area contributed by atoms with Crippen molar-refractivity contribution in [2.24, 2.45) is 0 Å². The summed E-state index contributed by atoms with van der Waals surface area (Å²) in [5, 5.41) is 8.85. The fraction of sp³-hybridized carbons (Fsp3) is 0.0714. The molecule has 0 radical (unpaired) electrons. The van der Waals surface area contributed by atoms with E-state index in [0.29, 0.717) is 22.6 Å². The minimum Gasteiger partial charge on any atom is -0.454 e. The average Bonchev–Trinajstić information content (AvgIpc) is 2.37. The summed E-state index contributed by atoms with van der Waals surface area (Å²) >= 11 is 0. The third kappa shape index (κ3) is 2.25. The number of nitrogens with two attached hydrogens (primary N) is 1. The molecule has 0 aliphatic rings. The molecule has 0 unspecified atom stereocenters. The third-order valence-electron chi connectivity index (χ3n) is 2.53. The minimum atomic E-state index is -0.409. The molecule has 2 aromatic rings. The smallest absolute Gasteiger partial charge is 0.168 e. The van der Waals surface area contributed by atoms with Gasteiger partial charge < -0.3 is 10.5 Å². The Bertz CT molecular complexity index is 632. The lowest BCUT2D eigenvalue weighted by atomic mass is 10.2. The first-order chi connectivity index (χ1) is 8.61. The number of hydrogen-bond donors (Lipinski definition) is 1. The van der Waals surface area contributed by atoms with Crippen molar-refractivity contribution in [2.75, 3.05) is 5.73 Å². The molecule has 90 valence electrons. The van der Waals surface area contributed by atoms with E-state index >= 15 is 0 Å². The molecule has 0 aliphatic carbocycles. The van der Waals surface area contributed by atoms with Gasteiger partial charge in [-0.2, -0.15) is 5.26 Å². The summed E-state index contributed by atoms with van der Waals surface area (Å²) in [6, 6.07) is 11.5. The van der Waals surface area contributed by atoms with Crippen molar-refractivity contribution in [3.8, 4) is 17.6 Å². The average molecular weight is 242 g/mol. The number of hydrogen-bond acceptors (Lipinski definition) is 3. The molecule has 0 heterocycles. The predicted molar refractivity (Wildman–Crippen MR) is 66.8 cm³/mol. The Morgan fingerprint density at radius 1 is 1.28 bits per heavy atom. The molecule has 0 atom stereocenters. The van der Waals surface area contributed by atoms with Crippen LogP contribution in [0, 0.1) is 24.1 Å². The fourth-order valence-electron chi connectivity index (χ4n) is 1.52. The van der Waals surface area contributed by atoms with Gasteiger partial charge in [-0.25, -0.2) is 4.39 Å². The molecule has 0 aliphatic heterocycles. The summed E-state index contributed by atoms with van der Waals surface area (Å²) in [5.41, 5.74) is 6.77. The van der Waals surface area contributed by atoms with Crippen LogP contribution < -0.4 is 10.5 Å². The molecule has 0 spiro atoms. The van der Waals surface area contributed by atoms with E-state index in [1.165, 1.54) is 12.1 Å². The number of nitrogen functional groups attached to an aromatic ring is 1. The van der Waals surface area contributed by atoms with Gasteiger partial charge in [-0.3, -0.25) is 0 Å². The van der Waals surface area contributed by atoms with Crippen LogP contribution in [0.4, 0.5) is 10.1 Å². The molecule has 0 aromatic heterocycles. The van der Waals surface area contributed by atoms with Crippen LogP contribution in [0.25, 0.3) is 0 Å². The first-order valence-electron chi connectivity index (χ1n) is 5.34. The fourth-order valence-corrected chi connectivity index (χ4v) is 1.52. The summed E-state index contributed by atoms with van der Waals surface area (Å²) < 4.78 is 19.1. The van der Waals surface area contributed by atoms with E-state index in [-0.39, 0.29) is 5.75 Å². The van der Waals surface area contributed by atoms with Gasteiger partial charge in [0, 0.05) is 11.8 Å². The van der Waals surface area contributed by atoms with Crippen LogP contribution in [0.3, 0.4) is 0 Å². The lowest BCUT2D eigenvalue weighted by molar-refractivity contribution is 0.440. The largest absolute Gasteiger partial charge is 0.454 e. The SMILES string of the molecule is Cc1cccc(Oc2ccc(N)c(C#N)c2)c1F. The standard InChI is InChI=1S/C14H11FN2O/c1-9-3-2-4-13(14(9)15)18-11-5-6-12(17)10(7-11)8-16/h2-7H,17H2,1H3. The molecule has 2 aromatic carbocycles. The maximum absolute atomic E-state index is 13.7. The summed E-state index contributed by atoms with van der Waals surface area (Å²) in [7, 11) is 0. The number of halogens is 1. The molecule has 3 nitrogen and oxygen atoms in total. The number of nitriles is 1. The summed E-state index contributed by atoms with van der Waals surface area (Å²) in [6.07, 6.45) is 0. The first kappa shape index (κ1) is 11.9. The molecule has 0 saturated carbocycles. The number of ether oxygens (including phenoxy) is 1. The van der Waals surface area contributed by atoms with Gasteiger partial charge in [0.1, 0.15) is 11.8 Å². The van der Waals surface area contributed by atoms with Crippen molar-refractivity contribution >= 4 is 5.69 Å². The number of nitrogens with zero attached hydrogens (tertiary/aromatic N) is 1. The summed E-state index contributed by atoms with van der Waals surface area (Å²) in [6.45, 7) is 1.66. The van der Waals surface area contributed by atoms with Crippen molar-refractivity contribution in [1.82, 2.24) is 0 Å². The second kappa shape index (κ2) is 4.76. The van der Waals surface area contributed by atoms with Crippen LogP contribution in [-0.4, -0.2) is 0 Å². The maximum atomic E-state index is 13.7. The predicted octanol–water partition coefficient (Wildman–Crippen LogP) is 3.38. The van der Waals surface area contributed by atoms with Crippen LogP contribution in [0.5, 0.6) is 11.5 Å². The van der Waals surface area contributed by atoms with E-state index in [2.05, 4.69) is 0 Å². The molecule has 0 amide bonds. The highest BCUT2D eigenvalue weighted by Crippen LogP contribution is 2.28. The Morgan fingerprint density at radius 3 is 2.78 bits per heavy atom. The molecular formula is C14H11FN2O. The summed E-state index contributed by atoms with van der Waals surface area (Å²) in [5.74, 6) is 0.0988. The number of aryl methyl sites for hydroxylation is 1. The van der Waals surface area contributed by atoms with Gasteiger partial charge in [-0.1, -0.05) is 12.1 Å². The van der Waals surface area contributed by atoms with Crippen molar-refractivity contribution in [1.29, 1.82) is 5.26 Å². The minimum absolute atomic E-state index is 0.128. The Balaban J connectivity index is 2.35. The van der Waals surface area contributed by atoms with Gasteiger partial charge in [0.05, 0.1) is 5.56 Å². The van der Waals surface area contributed by atoms with Gasteiger partial charge in [0.2, 0.25) is 0 Å². The molecule has 2 N–H and O–H groups in total. The van der Waals surface area contributed by atoms with E-state index in [1.807, 2.05) is 6.07 Å². The second-order valence-corrected chi connectivity index (χ2v) is 3.85. The molecule has 2 rings (SSSR count). The van der Waals surface area contributed by atoms with Crippen molar-refractivity contribution in [3.63, 3.8) is 0 Å². The van der Waals surface area contributed by atoms with Gasteiger partial charge >= 0.3 is 0 Å². The number of benzene rings is 2. The monoisotopic (exact) mass is 242 g/mol. The van der Waals surface area contributed by atoms with Crippen LogP contribution in [0.2, 0.25) is 0 Å². The molecule has 0 fully saturated rings. The molecule has 0 bridgehead atoms. The first-order valence-corrected chi connectivity index (χ1v) is 5.34. The Kier molecular flexibility index (Phi) is 3.16. The Hall–Kier alpha value is -2.54. The highest BCUT2D eigenvalue weighted by molar-refractivity contribution is 5.57. The topological polar surface area (TPSA) is 59.0 Å². The van der Waals surface area contributed by atoms with Gasteiger partial charge in [-0.05, 0) is 30.7 Å². The van der Waals surface area contributed by atoms with Gasteiger partial charge in [0.25, 0.3) is 0 Å². The highest BCUT2D eigenvalue weighted by Gasteiger charge is 2.08. The van der Waals surface area contributed by atoms with E-state index in [0.717, 1.165) is 0 Å². The van der Waals surface area contributed by atoms with Gasteiger partial charge in [0.15, 0.2) is 11.6 Å². The summed E-state index contributed by atoms with van der Waals surface area (Å²) in [4.78, 5) is 0. The molecular weight excluding hydrogens is 231 g/mol. The zero-order valence-corrected chi connectivity index (χ0v) is 9.77. The Morgan fingerprint density at radius 2 is 2.06 bits per heavy atom. The third-order valence-corrected chi connectivity index (χ3v) is 2.53. The van der Waals surface area contributed by atoms with E-state index in [1.54, 1.807) is 31.2 Å². The van der Waals surface area contributed by atoms with Crippen LogP contribution >= 0.6 is 0 Å². The van der Waals surface area contributed by atoms with Crippen molar-refractivity contribution in [3.05, 3.63) is 53.3 Å². The van der Waals surface area contributed by atoms with E-state index in [4.69, 9.17) is 15.7 Å². The lowest BCUT2D eigenvalue weighted by Gasteiger charge is -2.09. The van der Waals surface area contributed by atoms with Crippen LogP contribution in [0.1, 0.15) is 11.1 Å². The normalized spacial score (nSPS) is 9.83. The Labute approximate surface area is 104 Å². The highest BCUT2D eigenvalue weighted by atomic mass is 19.1. The number of rotatable bonds is 2. The molecule has 18 heavy (non-hydrogen) atoms. The second-order valence-electron chi connectivity index (χ2n) is 3.85. The lowest BCUT2D eigenvalue weighted by Crippen LogP contribution is -1.94. The van der Waals surface area contributed by atoms with Gasteiger partial charge in [-0.15, -0.1) is 0 Å². The molecule has 4 heteroatoms. The van der Waals surface area contributed by atoms with Crippen LogP contribution in [0.15, 0.2) is 36.4 Å². The molecule has 0 saturated heterocycles. The van der Waals surface area contributed by atoms with E-state index < -0.39 is 5.82 Å². The maximum Gasteiger partial charge on any atom is 0.168 e. The van der Waals surface area contributed by atoms with Crippen LogP contribution in [-0.2, 0) is 0 Å². The quantitative estimate of drug-likeness (QED) is 0.821. The number of anilines is 1. The zero-order valence-electron chi connectivity index (χ0n) is 9.77. The van der Waals surface area contributed by atoms with Crippen molar-refractivity contribution in [2.45, 2.75) is 6.92 Å².